The van der Waals surface area contributed by atoms with Gasteiger partial charge in [-0.15, -0.1) is 0 Å². The first kappa shape index (κ1) is 77.5. The fourth-order valence-corrected chi connectivity index (χ4v) is 10.4. The monoisotopic (exact) mass is 1140 g/mol. The zero-order valence-corrected chi connectivity index (χ0v) is 54.2. The minimum atomic E-state index is -4.46. The lowest BCUT2D eigenvalue weighted by Crippen LogP contribution is -2.47. The zero-order chi connectivity index (χ0) is 58.6. The third-order valence-electron chi connectivity index (χ3n) is 14.9. The Morgan fingerprint density at radius 1 is 0.450 bits per heavy atom. The average Bonchev–Trinajstić information content (AvgIpc) is 3.42. The maximum atomic E-state index is 13.6. The summed E-state index contributed by atoms with van der Waals surface area (Å²) in [6.07, 6.45) is 77.6. The van der Waals surface area contributed by atoms with Crippen molar-refractivity contribution >= 4 is 19.7 Å². The van der Waals surface area contributed by atoms with E-state index in [9.17, 15) is 19.0 Å². The van der Waals surface area contributed by atoms with E-state index in [2.05, 4.69) is 86.8 Å². The molecule has 0 aliphatic heterocycles. The average molecular weight is 1140 g/mol. The Balaban J connectivity index is 5.17. The molecule has 0 aromatic heterocycles. The highest BCUT2D eigenvalue weighted by molar-refractivity contribution is 7.47. The van der Waals surface area contributed by atoms with Crippen LogP contribution in [0.5, 0.6) is 0 Å². The predicted octanol–water partition coefficient (Wildman–Crippen LogP) is 21.2. The van der Waals surface area contributed by atoms with Crippen LogP contribution in [0.1, 0.15) is 310 Å². The Morgan fingerprint density at radius 2 is 0.800 bits per heavy atom. The Labute approximate surface area is 495 Å². The topological polar surface area (TPSA) is 111 Å². The van der Waals surface area contributed by atoms with Gasteiger partial charge in [-0.2, -0.15) is 0 Å². The normalized spacial score (nSPS) is 14.0. The van der Waals surface area contributed by atoms with Gasteiger partial charge in [-0.1, -0.05) is 274 Å². The van der Waals surface area contributed by atoms with Crippen molar-refractivity contribution in [3.05, 3.63) is 72.9 Å². The van der Waals surface area contributed by atoms with Crippen molar-refractivity contribution in [2.45, 2.75) is 322 Å². The second kappa shape index (κ2) is 59.6. The summed E-state index contributed by atoms with van der Waals surface area (Å²) in [4.78, 5) is 37.8. The number of carbonyl (C=O) groups is 2. The lowest BCUT2D eigenvalue weighted by Gasteiger charge is -2.27. The predicted molar refractivity (Wildman–Crippen MR) is 346 cm³/mol. The van der Waals surface area contributed by atoms with Gasteiger partial charge in [-0.05, 0) is 96.0 Å². The van der Waals surface area contributed by atoms with Gasteiger partial charge >= 0.3 is 13.8 Å². The van der Waals surface area contributed by atoms with Crippen LogP contribution in [0, 0.1) is 0 Å². The molecule has 0 radical (unpaired) electrons. The molecule has 0 rings (SSSR count). The smallest absolute Gasteiger partial charge is 0.456 e. The van der Waals surface area contributed by atoms with Gasteiger partial charge in [-0.25, -0.2) is 4.57 Å². The van der Waals surface area contributed by atoms with E-state index in [4.69, 9.17) is 13.8 Å². The van der Waals surface area contributed by atoms with E-state index in [1.165, 1.54) is 193 Å². The minimum Gasteiger partial charge on any atom is -0.456 e. The maximum Gasteiger partial charge on any atom is 0.472 e. The van der Waals surface area contributed by atoms with E-state index < -0.39 is 20.0 Å². The van der Waals surface area contributed by atoms with Crippen molar-refractivity contribution < 1.29 is 37.3 Å². The highest BCUT2D eigenvalue weighted by atomic mass is 31.2. The van der Waals surface area contributed by atoms with E-state index in [-0.39, 0.29) is 31.5 Å². The van der Waals surface area contributed by atoms with Gasteiger partial charge in [0, 0.05) is 12.8 Å². The fraction of sp³-hybridized carbons (Fsp3) is 0.800. The summed E-state index contributed by atoms with van der Waals surface area (Å²) >= 11 is 0. The van der Waals surface area contributed by atoms with Crippen molar-refractivity contribution in [2.24, 2.45) is 0 Å². The number of rotatable bonds is 61. The van der Waals surface area contributed by atoms with Crippen LogP contribution < -0.4 is 5.32 Å². The Hall–Kier alpha value is -2.55. The number of unbranched alkanes of at least 4 members (excludes halogenated alkanes) is 36. The molecule has 0 aliphatic carbocycles. The van der Waals surface area contributed by atoms with Crippen LogP contribution in [0.4, 0.5) is 0 Å². The van der Waals surface area contributed by atoms with Crippen molar-refractivity contribution in [1.82, 2.24) is 5.32 Å². The third-order valence-corrected chi connectivity index (χ3v) is 15.9. The molecule has 0 saturated carbocycles. The summed E-state index contributed by atoms with van der Waals surface area (Å²) in [5.74, 6) is -0.531. The van der Waals surface area contributed by atoms with Crippen molar-refractivity contribution in [3.63, 3.8) is 0 Å². The number of hydrogen-bond donors (Lipinski definition) is 2. The molecular formula is C70H130N2O7P+. The molecule has 0 aliphatic rings. The van der Waals surface area contributed by atoms with Crippen LogP contribution in [0.2, 0.25) is 0 Å². The van der Waals surface area contributed by atoms with Crippen LogP contribution in [-0.2, 0) is 27.9 Å². The van der Waals surface area contributed by atoms with Crippen LogP contribution in [0.3, 0.4) is 0 Å². The molecule has 0 spiro atoms. The molecule has 0 bridgehead atoms. The molecule has 2 N–H and O–H groups in total. The number of esters is 1. The molecule has 3 unspecified atom stereocenters. The number of quaternary nitrogens is 1. The molecule has 466 valence electrons. The molecule has 3 atom stereocenters. The highest BCUT2D eigenvalue weighted by Gasteiger charge is 2.30. The SMILES string of the molecule is CCCCC/C=C\C/C=C\C/C=C\CCCCCCCCCCCCCCC(=O)OC(/C=C\CCCCCCCCCCCCC)C(COP(=O)(O)OCC[N+](C)(C)C)NC(=O)CCCCC/C=C/C=C/CCCCCCCCC. The molecule has 9 nitrogen and oxygen atoms in total. The van der Waals surface area contributed by atoms with Crippen molar-refractivity contribution in [2.75, 3.05) is 40.9 Å². The Kier molecular flexibility index (Phi) is 57.7. The summed E-state index contributed by atoms with van der Waals surface area (Å²) in [6, 6.07) is -0.865. The molecule has 0 heterocycles. The number of carbonyl (C=O) groups excluding carboxylic acids is 2. The fourth-order valence-electron chi connectivity index (χ4n) is 9.65. The standard InChI is InChI=1S/C70H129N2O7P/c1-7-10-13-16-19-22-25-28-30-32-33-34-35-36-37-38-39-40-42-45-48-51-54-57-60-63-70(74)79-68(61-58-55-52-49-46-43-27-24-21-18-15-12-9-3)67(66-78-80(75,76)77-65-64-72(4,5)6)71-69(73)62-59-56-53-50-47-44-41-31-29-26-23-20-17-14-11-8-2/h19,22,28,30-31,33-34,41,44,47,58,61,67-68H,7-18,20-21,23-27,29,32,35-40,42-43,45-46,48-57,59-60,62-66H2,1-6H3,(H-,71,73,75,76)/p+1/b22-19-,30-28-,34-33-,41-31+,47-44+,61-58-. The summed E-state index contributed by atoms with van der Waals surface area (Å²) in [6.45, 7) is 6.98. The summed E-state index contributed by atoms with van der Waals surface area (Å²) in [7, 11) is 1.48. The lowest BCUT2D eigenvalue weighted by atomic mass is 10.0. The number of likely N-dealkylation sites (N-methyl/N-ethyl adjacent to an activating group) is 1. The van der Waals surface area contributed by atoms with E-state index in [1.54, 1.807) is 0 Å². The minimum absolute atomic E-state index is 0.0336. The van der Waals surface area contributed by atoms with Gasteiger partial charge in [0.1, 0.15) is 19.3 Å². The summed E-state index contributed by atoms with van der Waals surface area (Å²) in [5, 5.41) is 3.05. The molecule has 10 heteroatoms. The van der Waals surface area contributed by atoms with E-state index in [0.717, 1.165) is 77.0 Å². The molecule has 0 saturated heterocycles. The quantitative estimate of drug-likeness (QED) is 0.0156. The van der Waals surface area contributed by atoms with E-state index in [1.807, 2.05) is 33.3 Å². The summed E-state index contributed by atoms with van der Waals surface area (Å²) in [5.41, 5.74) is 0. The molecule has 1 amide bonds. The largest absolute Gasteiger partial charge is 0.472 e. The number of amides is 1. The van der Waals surface area contributed by atoms with Crippen LogP contribution in [-0.4, -0.2) is 74.3 Å². The molecule has 0 aromatic carbocycles. The van der Waals surface area contributed by atoms with E-state index in [0.29, 0.717) is 23.9 Å². The van der Waals surface area contributed by atoms with Gasteiger partial charge in [0.2, 0.25) is 5.91 Å². The van der Waals surface area contributed by atoms with Gasteiger partial charge in [0.05, 0.1) is 33.8 Å². The first-order valence-electron chi connectivity index (χ1n) is 33.8. The van der Waals surface area contributed by atoms with Crippen molar-refractivity contribution in [1.29, 1.82) is 0 Å². The van der Waals surface area contributed by atoms with Gasteiger partial charge in [0.15, 0.2) is 0 Å². The number of nitrogens with one attached hydrogen (secondary N) is 1. The highest BCUT2D eigenvalue weighted by Crippen LogP contribution is 2.43. The second-order valence-electron chi connectivity index (χ2n) is 24.0. The third kappa shape index (κ3) is 60.1. The summed E-state index contributed by atoms with van der Waals surface area (Å²) < 4.78 is 30.8. The molecule has 0 aromatic rings. The van der Waals surface area contributed by atoms with Crippen LogP contribution >= 0.6 is 7.82 Å². The number of hydrogen-bond acceptors (Lipinski definition) is 6. The lowest BCUT2D eigenvalue weighted by molar-refractivity contribution is -0.870. The van der Waals surface area contributed by atoms with Crippen LogP contribution in [0.25, 0.3) is 0 Å². The first-order chi connectivity index (χ1) is 38.9. The zero-order valence-electron chi connectivity index (χ0n) is 53.3. The molecule has 0 fully saturated rings. The molecular weight excluding hydrogens is 1010 g/mol. The number of phosphoric acid groups is 1. The molecule has 80 heavy (non-hydrogen) atoms. The van der Waals surface area contributed by atoms with Gasteiger partial charge in [-0.3, -0.25) is 18.6 Å². The maximum absolute atomic E-state index is 13.6. The van der Waals surface area contributed by atoms with Gasteiger partial charge < -0.3 is 19.4 Å². The number of ether oxygens (including phenoxy) is 1. The second-order valence-corrected chi connectivity index (χ2v) is 25.5. The number of nitrogens with zero attached hydrogens (tertiary/aromatic N) is 1. The van der Waals surface area contributed by atoms with Gasteiger partial charge in [0.25, 0.3) is 0 Å². The van der Waals surface area contributed by atoms with E-state index >= 15 is 0 Å². The van der Waals surface area contributed by atoms with Crippen LogP contribution in [0.15, 0.2) is 72.9 Å². The first-order valence-corrected chi connectivity index (χ1v) is 35.3. The Bertz CT molecular complexity index is 1600. The Morgan fingerprint density at radius 3 is 1.25 bits per heavy atom. The number of phosphoric ester groups is 1. The number of allylic oxidation sites excluding steroid dienone is 11. The van der Waals surface area contributed by atoms with Crippen molar-refractivity contribution in [3.8, 4) is 0 Å².